The molecule has 0 saturated carbocycles. The molecule has 0 aliphatic carbocycles. The van der Waals surface area contributed by atoms with Gasteiger partial charge in [0.05, 0.1) is 17.3 Å². The number of thiophene rings is 1. The summed E-state index contributed by atoms with van der Waals surface area (Å²) in [5.41, 5.74) is 0.937. The second kappa shape index (κ2) is 4.40. The van der Waals surface area contributed by atoms with Gasteiger partial charge in [-0.2, -0.15) is 0 Å². The van der Waals surface area contributed by atoms with Crippen molar-refractivity contribution in [3.05, 3.63) is 29.4 Å². The first-order valence-corrected chi connectivity index (χ1v) is 5.74. The predicted octanol–water partition coefficient (Wildman–Crippen LogP) is 2.95. The molecular formula is C11H13N3S. The molecular weight excluding hydrogens is 206 g/mol. The van der Waals surface area contributed by atoms with Crippen LogP contribution in [0.1, 0.15) is 11.8 Å². The normalized spacial score (nSPS) is 10.3. The fourth-order valence-electron chi connectivity index (χ4n) is 1.32. The van der Waals surface area contributed by atoms with Gasteiger partial charge in [0.15, 0.2) is 0 Å². The van der Waals surface area contributed by atoms with E-state index >= 15 is 0 Å². The maximum atomic E-state index is 4.48. The molecule has 15 heavy (non-hydrogen) atoms. The van der Waals surface area contributed by atoms with Gasteiger partial charge in [0.2, 0.25) is 0 Å². The third kappa shape index (κ3) is 2.33. The molecule has 0 atom stereocenters. The van der Waals surface area contributed by atoms with Gasteiger partial charge in [0, 0.05) is 11.4 Å². The highest BCUT2D eigenvalue weighted by Crippen LogP contribution is 2.25. The topological polar surface area (TPSA) is 37.8 Å². The largest absolute Gasteiger partial charge is 0.369 e. The SMILES string of the molecule is CCNc1cncc(-c2ccc(C)s2)n1. The summed E-state index contributed by atoms with van der Waals surface area (Å²) in [6.45, 7) is 5.00. The zero-order valence-electron chi connectivity index (χ0n) is 8.82. The summed E-state index contributed by atoms with van der Waals surface area (Å²) >= 11 is 1.74. The van der Waals surface area contributed by atoms with E-state index in [1.807, 2.05) is 6.92 Å². The van der Waals surface area contributed by atoms with Gasteiger partial charge < -0.3 is 5.32 Å². The Morgan fingerprint density at radius 1 is 1.33 bits per heavy atom. The molecule has 0 aliphatic rings. The number of anilines is 1. The molecule has 0 aromatic carbocycles. The van der Waals surface area contributed by atoms with Crippen molar-refractivity contribution >= 4 is 17.2 Å². The Balaban J connectivity index is 2.32. The zero-order valence-corrected chi connectivity index (χ0v) is 9.64. The van der Waals surface area contributed by atoms with Gasteiger partial charge in [-0.3, -0.25) is 4.98 Å². The lowest BCUT2D eigenvalue weighted by atomic mass is 10.3. The molecule has 0 aliphatic heterocycles. The fourth-order valence-corrected chi connectivity index (χ4v) is 2.15. The molecule has 0 saturated heterocycles. The summed E-state index contributed by atoms with van der Waals surface area (Å²) in [4.78, 5) is 11.1. The fraction of sp³-hybridized carbons (Fsp3) is 0.273. The highest BCUT2D eigenvalue weighted by Gasteiger charge is 2.03. The van der Waals surface area contributed by atoms with Crippen molar-refractivity contribution in [1.29, 1.82) is 0 Å². The van der Waals surface area contributed by atoms with Gasteiger partial charge in [-0.15, -0.1) is 11.3 Å². The second-order valence-corrected chi connectivity index (χ2v) is 4.52. The average Bonchev–Trinajstić information content (AvgIpc) is 2.66. The summed E-state index contributed by atoms with van der Waals surface area (Å²) in [6.07, 6.45) is 3.54. The van der Waals surface area contributed by atoms with Crippen molar-refractivity contribution in [1.82, 2.24) is 9.97 Å². The number of hydrogen-bond acceptors (Lipinski definition) is 4. The standard InChI is InChI=1S/C11H13N3S/c1-3-13-11-7-12-6-9(14-11)10-5-4-8(2)15-10/h4-7H,3H2,1-2H3,(H,13,14). The van der Waals surface area contributed by atoms with Gasteiger partial charge in [-0.05, 0) is 26.0 Å². The Kier molecular flexibility index (Phi) is 2.97. The molecule has 2 aromatic rings. The molecule has 78 valence electrons. The Labute approximate surface area is 93.2 Å². The van der Waals surface area contributed by atoms with Crippen LogP contribution in [0.25, 0.3) is 10.6 Å². The lowest BCUT2D eigenvalue weighted by Gasteiger charge is -2.02. The number of aromatic nitrogens is 2. The summed E-state index contributed by atoms with van der Waals surface area (Å²) in [7, 11) is 0. The first kappa shape index (κ1) is 10.1. The van der Waals surface area contributed by atoms with Crippen LogP contribution in [0.5, 0.6) is 0 Å². The van der Waals surface area contributed by atoms with Crippen molar-refractivity contribution in [2.45, 2.75) is 13.8 Å². The maximum absolute atomic E-state index is 4.48. The minimum atomic E-state index is 0.834. The van der Waals surface area contributed by atoms with Crippen molar-refractivity contribution in [3.8, 4) is 10.6 Å². The molecule has 0 unspecified atom stereocenters. The monoisotopic (exact) mass is 219 g/mol. The van der Waals surface area contributed by atoms with Crippen molar-refractivity contribution in [3.63, 3.8) is 0 Å². The molecule has 1 N–H and O–H groups in total. The highest BCUT2D eigenvalue weighted by atomic mass is 32.1. The third-order valence-corrected chi connectivity index (χ3v) is 3.01. The number of nitrogens with one attached hydrogen (secondary N) is 1. The average molecular weight is 219 g/mol. The van der Waals surface area contributed by atoms with Crippen LogP contribution in [0.15, 0.2) is 24.5 Å². The van der Waals surface area contributed by atoms with Crippen LogP contribution in [-0.2, 0) is 0 Å². The van der Waals surface area contributed by atoms with E-state index in [2.05, 4.69) is 34.3 Å². The highest BCUT2D eigenvalue weighted by molar-refractivity contribution is 7.15. The van der Waals surface area contributed by atoms with Gasteiger partial charge in [0.25, 0.3) is 0 Å². The molecule has 0 amide bonds. The lowest BCUT2D eigenvalue weighted by molar-refractivity contribution is 1.13. The Morgan fingerprint density at radius 3 is 2.87 bits per heavy atom. The van der Waals surface area contributed by atoms with Gasteiger partial charge >= 0.3 is 0 Å². The van der Waals surface area contributed by atoms with E-state index in [0.717, 1.165) is 18.1 Å². The summed E-state index contributed by atoms with van der Waals surface area (Å²) in [5, 5.41) is 3.16. The van der Waals surface area contributed by atoms with E-state index in [0.29, 0.717) is 0 Å². The van der Waals surface area contributed by atoms with Crippen molar-refractivity contribution < 1.29 is 0 Å². The minimum absolute atomic E-state index is 0.834. The maximum Gasteiger partial charge on any atom is 0.145 e. The first-order chi connectivity index (χ1) is 7.29. The number of nitrogens with zero attached hydrogens (tertiary/aromatic N) is 2. The summed E-state index contributed by atoms with van der Waals surface area (Å²) in [6, 6.07) is 4.18. The number of hydrogen-bond donors (Lipinski definition) is 1. The van der Waals surface area contributed by atoms with Crippen LogP contribution in [0.2, 0.25) is 0 Å². The van der Waals surface area contributed by atoms with Gasteiger partial charge in [-0.1, -0.05) is 0 Å². The quantitative estimate of drug-likeness (QED) is 0.862. The van der Waals surface area contributed by atoms with E-state index in [1.165, 1.54) is 9.75 Å². The van der Waals surface area contributed by atoms with Crippen molar-refractivity contribution in [2.75, 3.05) is 11.9 Å². The van der Waals surface area contributed by atoms with Gasteiger partial charge in [-0.25, -0.2) is 4.98 Å². The van der Waals surface area contributed by atoms with Crippen molar-refractivity contribution in [2.24, 2.45) is 0 Å². The van der Waals surface area contributed by atoms with E-state index in [9.17, 15) is 0 Å². The molecule has 0 spiro atoms. The predicted molar refractivity (Wildman–Crippen MR) is 64.2 cm³/mol. The van der Waals surface area contributed by atoms with Crippen LogP contribution >= 0.6 is 11.3 Å². The number of aryl methyl sites for hydroxylation is 1. The van der Waals surface area contributed by atoms with Crippen LogP contribution in [0.3, 0.4) is 0 Å². The Hall–Kier alpha value is -1.42. The van der Waals surface area contributed by atoms with Crippen LogP contribution in [0.4, 0.5) is 5.82 Å². The molecule has 2 heterocycles. The van der Waals surface area contributed by atoms with E-state index in [1.54, 1.807) is 23.7 Å². The van der Waals surface area contributed by atoms with E-state index in [4.69, 9.17) is 0 Å². The second-order valence-electron chi connectivity index (χ2n) is 3.23. The van der Waals surface area contributed by atoms with E-state index in [-0.39, 0.29) is 0 Å². The van der Waals surface area contributed by atoms with Crippen LogP contribution in [0, 0.1) is 6.92 Å². The van der Waals surface area contributed by atoms with E-state index < -0.39 is 0 Å². The molecule has 0 radical (unpaired) electrons. The van der Waals surface area contributed by atoms with Gasteiger partial charge in [0.1, 0.15) is 11.5 Å². The third-order valence-electron chi connectivity index (χ3n) is 1.99. The Morgan fingerprint density at radius 2 is 2.20 bits per heavy atom. The van der Waals surface area contributed by atoms with Crippen LogP contribution in [-0.4, -0.2) is 16.5 Å². The molecule has 3 nitrogen and oxygen atoms in total. The lowest BCUT2D eigenvalue weighted by Crippen LogP contribution is -2.00. The zero-order chi connectivity index (χ0) is 10.7. The summed E-state index contributed by atoms with van der Waals surface area (Å²) in [5.74, 6) is 0.834. The summed E-state index contributed by atoms with van der Waals surface area (Å²) < 4.78 is 0. The molecule has 2 aromatic heterocycles. The number of rotatable bonds is 3. The molecule has 0 fully saturated rings. The Bertz CT molecular complexity index is 451. The smallest absolute Gasteiger partial charge is 0.145 e. The molecule has 0 bridgehead atoms. The molecule has 2 rings (SSSR count). The minimum Gasteiger partial charge on any atom is -0.369 e. The molecule has 4 heteroatoms. The van der Waals surface area contributed by atoms with Crippen LogP contribution < -0.4 is 5.32 Å². The first-order valence-electron chi connectivity index (χ1n) is 4.92.